The Morgan fingerprint density at radius 1 is 0.744 bits per heavy atom. The number of benzene rings is 3. The van der Waals surface area contributed by atoms with Crippen molar-refractivity contribution in [3.63, 3.8) is 0 Å². The Hall–Kier alpha value is -4.17. The van der Waals surface area contributed by atoms with Crippen LogP contribution in [0.3, 0.4) is 0 Å². The van der Waals surface area contributed by atoms with Gasteiger partial charge in [0, 0.05) is 40.0 Å². The van der Waals surface area contributed by atoms with Gasteiger partial charge in [0.05, 0.1) is 0 Å². The molecule has 1 aliphatic rings. The molecule has 0 unspecified atom stereocenters. The highest BCUT2D eigenvalue weighted by Gasteiger charge is 2.37. The van der Waals surface area contributed by atoms with Crippen LogP contribution in [0.25, 0.3) is 11.1 Å². The predicted molar refractivity (Wildman–Crippen MR) is 169 cm³/mol. The van der Waals surface area contributed by atoms with E-state index in [1.807, 2.05) is 89.9 Å². The van der Waals surface area contributed by atoms with Gasteiger partial charge < -0.3 is 9.64 Å². The Labute approximate surface area is 255 Å². The van der Waals surface area contributed by atoms with Crippen molar-refractivity contribution in [2.75, 3.05) is 27.2 Å². The average Bonchev–Trinajstić information content (AvgIpc) is 3.51. The fourth-order valence-electron chi connectivity index (χ4n) is 5.23. The average molecular weight is 585 g/mol. The number of ether oxygens (including phenoxy) is 1. The quantitative estimate of drug-likeness (QED) is 0.349. The van der Waals surface area contributed by atoms with Crippen molar-refractivity contribution in [1.29, 1.82) is 0 Å². The second-order valence-electron chi connectivity index (χ2n) is 12.2. The first-order valence-electron chi connectivity index (χ1n) is 15.0. The number of carbonyl (C=O) groups excluding carboxylic acids is 3. The number of amides is 3. The number of hydrogen-bond acceptors (Lipinski definition) is 5. The van der Waals surface area contributed by atoms with Crippen molar-refractivity contribution < 1.29 is 19.1 Å². The van der Waals surface area contributed by atoms with Crippen LogP contribution < -0.4 is 5.43 Å². The molecule has 0 radical (unpaired) electrons. The lowest BCUT2D eigenvalue weighted by atomic mass is 9.98. The highest BCUT2D eigenvalue weighted by atomic mass is 16.6. The highest BCUT2D eigenvalue weighted by molar-refractivity contribution is 5.91. The fourth-order valence-corrected chi connectivity index (χ4v) is 5.23. The van der Waals surface area contributed by atoms with E-state index >= 15 is 0 Å². The van der Waals surface area contributed by atoms with Gasteiger partial charge in [0.1, 0.15) is 17.7 Å². The Morgan fingerprint density at radius 3 is 1.84 bits per heavy atom. The van der Waals surface area contributed by atoms with Crippen LogP contribution in [-0.2, 0) is 27.2 Å². The van der Waals surface area contributed by atoms with Gasteiger partial charge in [-0.15, -0.1) is 0 Å². The topological polar surface area (TPSA) is 82.2 Å². The summed E-state index contributed by atoms with van der Waals surface area (Å²) in [6, 6.07) is 26.1. The summed E-state index contributed by atoms with van der Waals surface area (Å²) in [4.78, 5) is 44.0. The van der Waals surface area contributed by atoms with Crippen LogP contribution in [0.1, 0.15) is 44.7 Å². The number of likely N-dealkylation sites (N-methyl/N-ethyl adjacent to an activating group) is 2. The molecular formula is C35H44N4O4. The Balaban J connectivity index is 1.61. The minimum absolute atomic E-state index is 0.243. The number of hydrogen-bond donors (Lipinski definition) is 1. The molecule has 0 bridgehead atoms. The lowest BCUT2D eigenvalue weighted by molar-refractivity contribution is -0.144. The molecule has 1 fully saturated rings. The van der Waals surface area contributed by atoms with E-state index in [4.69, 9.17) is 4.74 Å². The van der Waals surface area contributed by atoms with Gasteiger partial charge in [-0.3, -0.25) is 19.9 Å². The number of nitrogens with zero attached hydrogens (tertiary/aromatic N) is 3. The lowest BCUT2D eigenvalue weighted by Crippen LogP contribution is -2.58. The van der Waals surface area contributed by atoms with Gasteiger partial charge in [0.25, 0.3) is 5.91 Å². The maximum atomic E-state index is 14.3. The first kappa shape index (κ1) is 31.8. The van der Waals surface area contributed by atoms with Crippen molar-refractivity contribution in [1.82, 2.24) is 20.2 Å². The summed E-state index contributed by atoms with van der Waals surface area (Å²) in [6.45, 7) is 6.95. The smallest absolute Gasteiger partial charge is 0.410 e. The molecule has 0 aromatic heterocycles. The molecule has 228 valence electrons. The second kappa shape index (κ2) is 14.3. The number of nitrogens with one attached hydrogen (secondary N) is 1. The van der Waals surface area contributed by atoms with Gasteiger partial charge in [-0.25, -0.2) is 9.80 Å². The van der Waals surface area contributed by atoms with Crippen LogP contribution in [0.15, 0.2) is 84.9 Å². The molecule has 2 atom stereocenters. The molecule has 1 N–H and O–H groups in total. The molecule has 1 heterocycles. The van der Waals surface area contributed by atoms with Gasteiger partial charge in [-0.05, 0) is 55.9 Å². The summed E-state index contributed by atoms with van der Waals surface area (Å²) >= 11 is 0. The SMILES string of the molecule is CN(C(=O)OC(C)(C)C)[C@H](Cc1ccc(-c2ccccc2)cc1)C(=O)N(C)[C@H](Cc1ccccc1)C(=O)NN1CCCC1. The third-order valence-corrected chi connectivity index (χ3v) is 7.69. The van der Waals surface area contributed by atoms with E-state index in [1.165, 1.54) is 9.80 Å². The van der Waals surface area contributed by atoms with E-state index in [1.54, 1.807) is 34.9 Å². The summed E-state index contributed by atoms with van der Waals surface area (Å²) in [5.74, 6) is -0.578. The maximum absolute atomic E-state index is 14.3. The largest absolute Gasteiger partial charge is 0.444 e. The zero-order valence-electron chi connectivity index (χ0n) is 26.0. The number of hydrazine groups is 1. The Kier molecular flexibility index (Phi) is 10.6. The van der Waals surface area contributed by atoms with Crippen LogP contribution in [-0.4, -0.2) is 77.6 Å². The van der Waals surface area contributed by atoms with Crippen molar-refractivity contribution in [3.8, 4) is 11.1 Å². The summed E-state index contributed by atoms with van der Waals surface area (Å²) in [7, 11) is 3.23. The van der Waals surface area contributed by atoms with Crippen LogP contribution >= 0.6 is 0 Å². The molecule has 3 amide bonds. The van der Waals surface area contributed by atoms with Gasteiger partial charge in [-0.1, -0.05) is 84.9 Å². The zero-order valence-corrected chi connectivity index (χ0v) is 26.0. The van der Waals surface area contributed by atoms with E-state index in [2.05, 4.69) is 5.43 Å². The first-order valence-corrected chi connectivity index (χ1v) is 15.0. The minimum atomic E-state index is -0.889. The molecule has 43 heavy (non-hydrogen) atoms. The van der Waals surface area contributed by atoms with Crippen molar-refractivity contribution in [2.45, 2.75) is 64.1 Å². The third kappa shape index (κ3) is 8.91. The van der Waals surface area contributed by atoms with Crippen molar-refractivity contribution >= 4 is 17.9 Å². The summed E-state index contributed by atoms with van der Waals surface area (Å²) in [6.07, 6.45) is 2.05. The minimum Gasteiger partial charge on any atom is -0.444 e. The fraction of sp³-hybridized carbons (Fsp3) is 0.400. The highest BCUT2D eigenvalue weighted by Crippen LogP contribution is 2.22. The van der Waals surface area contributed by atoms with Gasteiger partial charge in [0.2, 0.25) is 5.91 Å². The maximum Gasteiger partial charge on any atom is 0.410 e. The molecule has 3 aromatic rings. The molecule has 3 aromatic carbocycles. The van der Waals surface area contributed by atoms with Gasteiger partial charge in [0.15, 0.2) is 0 Å². The van der Waals surface area contributed by atoms with Crippen LogP contribution in [0.5, 0.6) is 0 Å². The zero-order chi connectivity index (χ0) is 31.0. The third-order valence-electron chi connectivity index (χ3n) is 7.69. The molecule has 1 saturated heterocycles. The second-order valence-corrected chi connectivity index (χ2v) is 12.2. The van der Waals surface area contributed by atoms with Gasteiger partial charge in [-0.2, -0.15) is 0 Å². The van der Waals surface area contributed by atoms with E-state index in [0.29, 0.717) is 6.42 Å². The molecule has 0 spiro atoms. The Morgan fingerprint density at radius 2 is 1.26 bits per heavy atom. The monoisotopic (exact) mass is 584 g/mol. The van der Waals surface area contributed by atoms with Crippen molar-refractivity contribution in [2.24, 2.45) is 0 Å². The molecule has 4 rings (SSSR count). The first-order chi connectivity index (χ1) is 20.5. The number of carbonyl (C=O) groups is 3. The molecule has 0 aliphatic carbocycles. The van der Waals surface area contributed by atoms with E-state index in [-0.39, 0.29) is 18.2 Å². The van der Waals surface area contributed by atoms with E-state index in [9.17, 15) is 14.4 Å². The summed E-state index contributed by atoms with van der Waals surface area (Å²) in [5.41, 5.74) is 6.29. The normalized spacial score (nSPS) is 14.9. The number of rotatable bonds is 10. The van der Waals surface area contributed by atoms with E-state index in [0.717, 1.165) is 48.2 Å². The molecule has 8 nitrogen and oxygen atoms in total. The van der Waals surface area contributed by atoms with Crippen molar-refractivity contribution in [3.05, 3.63) is 96.1 Å². The molecule has 8 heteroatoms. The Bertz CT molecular complexity index is 1350. The molecule has 0 saturated carbocycles. The van der Waals surface area contributed by atoms with Crippen LogP contribution in [0.4, 0.5) is 4.79 Å². The van der Waals surface area contributed by atoms with Gasteiger partial charge >= 0.3 is 6.09 Å². The summed E-state index contributed by atoms with van der Waals surface area (Å²) < 4.78 is 5.65. The standard InChI is InChI=1S/C35H44N4O4/c1-35(2,3)43-34(42)38(5)31(25-27-18-20-29(21-19-27)28-16-10-7-11-17-28)33(41)37(4)30(24-26-14-8-6-9-15-26)32(40)36-39-22-12-13-23-39/h6-11,14-21,30-31H,12-13,22-25H2,1-5H3,(H,36,40)/t30-,31-/m1/s1. The van der Waals surface area contributed by atoms with Crippen LogP contribution in [0, 0.1) is 0 Å². The summed E-state index contributed by atoms with van der Waals surface area (Å²) in [5, 5.41) is 1.91. The van der Waals surface area contributed by atoms with Crippen LogP contribution in [0.2, 0.25) is 0 Å². The lowest BCUT2D eigenvalue weighted by Gasteiger charge is -2.35. The predicted octanol–water partition coefficient (Wildman–Crippen LogP) is 5.33. The molecular weight excluding hydrogens is 540 g/mol. The van der Waals surface area contributed by atoms with E-state index < -0.39 is 23.8 Å². The molecule has 1 aliphatic heterocycles.